The third kappa shape index (κ3) is 3.97. The van der Waals surface area contributed by atoms with E-state index in [1.54, 1.807) is 42.0 Å². The van der Waals surface area contributed by atoms with Crippen LogP contribution in [0.5, 0.6) is 0 Å². The summed E-state index contributed by atoms with van der Waals surface area (Å²) in [6, 6.07) is 12.6. The summed E-state index contributed by atoms with van der Waals surface area (Å²) >= 11 is 3.16. The minimum absolute atomic E-state index is 0.832. The molecule has 0 aliphatic carbocycles. The molecule has 200 valence electrons. The van der Waals surface area contributed by atoms with Crippen LogP contribution in [0.2, 0.25) is 0 Å². The van der Waals surface area contributed by atoms with Gasteiger partial charge in [0, 0.05) is 80.6 Å². The lowest BCUT2D eigenvalue weighted by Gasteiger charge is -2.05. The highest BCUT2D eigenvalue weighted by Crippen LogP contribution is 2.43. The molecule has 2 aliphatic rings. The lowest BCUT2D eigenvalue weighted by Crippen LogP contribution is -1.83. The molecule has 7 nitrogen and oxygen atoms in total. The van der Waals surface area contributed by atoms with E-state index in [1.807, 2.05) is 37.2 Å². The first-order chi connectivity index (χ1) is 20.7. The van der Waals surface area contributed by atoms with Crippen LogP contribution >= 0.6 is 23.5 Å². The average molecular weight is 580 g/mol. The Balaban J connectivity index is 1.16. The van der Waals surface area contributed by atoms with Gasteiger partial charge in [-0.25, -0.2) is 9.97 Å². The van der Waals surface area contributed by atoms with Gasteiger partial charge in [-0.15, -0.1) is 0 Å². The number of benzene rings is 2. The molecule has 2 N–H and O–H groups in total. The molecule has 0 atom stereocenters. The summed E-state index contributed by atoms with van der Waals surface area (Å²) in [5.41, 5.74) is 3.60. The van der Waals surface area contributed by atoms with E-state index in [4.69, 9.17) is 9.97 Å². The number of aromatic nitrogens is 7. The largest absolute Gasteiger partial charge is 0.355 e. The van der Waals surface area contributed by atoms with Crippen LogP contribution in [0.15, 0.2) is 113 Å². The minimum Gasteiger partial charge on any atom is -0.355 e. The number of hydrogen-bond acceptors (Lipinski definition) is 7. The highest BCUT2D eigenvalue weighted by Gasteiger charge is 2.20. The maximum atomic E-state index is 4.75. The summed E-state index contributed by atoms with van der Waals surface area (Å²) in [4.78, 5) is 29.8. The predicted molar refractivity (Wildman–Crippen MR) is 172 cm³/mol. The van der Waals surface area contributed by atoms with Gasteiger partial charge < -0.3 is 9.97 Å². The van der Waals surface area contributed by atoms with E-state index in [0.29, 0.717) is 0 Å². The third-order valence-corrected chi connectivity index (χ3v) is 9.56. The SMILES string of the molecule is C=Cc1cc2c(ccc3c(Sc4ncnc(Sc5[nH]cc6c5ccc5cnc(C=C)cc56)c5cncc4-5)[nH]cc32)cn1. The zero-order chi connectivity index (χ0) is 28.2. The van der Waals surface area contributed by atoms with Gasteiger partial charge in [-0.05, 0) is 35.1 Å². The van der Waals surface area contributed by atoms with E-state index in [0.717, 1.165) is 85.7 Å². The number of nitrogens with one attached hydrogen (secondary N) is 2. The second-order valence-electron chi connectivity index (χ2n) is 9.78. The zero-order valence-corrected chi connectivity index (χ0v) is 23.8. The van der Waals surface area contributed by atoms with E-state index in [-0.39, 0.29) is 0 Å². The zero-order valence-electron chi connectivity index (χ0n) is 22.1. The summed E-state index contributed by atoms with van der Waals surface area (Å²) in [6.45, 7) is 7.74. The average Bonchev–Trinajstić information content (AvgIpc) is 3.76. The maximum absolute atomic E-state index is 4.75. The van der Waals surface area contributed by atoms with Crippen molar-refractivity contribution in [2.24, 2.45) is 0 Å². The first kappa shape index (κ1) is 24.8. The first-order valence-corrected chi connectivity index (χ1v) is 14.8. The lowest BCUT2D eigenvalue weighted by atomic mass is 10.1. The number of H-pyrrole nitrogens is 2. The van der Waals surface area contributed by atoms with Crippen molar-refractivity contribution in [3.05, 3.63) is 104 Å². The number of pyridine rings is 2. The Morgan fingerprint density at radius 3 is 1.55 bits per heavy atom. The monoisotopic (exact) mass is 579 g/mol. The fourth-order valence-electron chi connectivity index (χ4n) is 5.34. The van der Waals surface area contributed by atoms with Crippen molar-refractivity contribution >= 4 is 78.8 Å². The molecule has 0 saturated carbocycles. The molecule has 0 spiro atoms. The van der Waals surface area contributed by atoms with E-state index < -0.39 is 0 Å². The van der Waals surface area contributed by atoms with Gasteiger partial charge in [0.05, 0.1) is 21.4 Å². The Morgan fingerprint density at radius 2 is 1.07 bits per heavy atom. The molecule has 0 radical (unpaired) electrons. The number of nitrogens with zero attached hydrogens (tertiary/aromatic N) is 5. The van der Waals surface area contributed by atoms with Gasteiger partial charge in [0.15, 0.2) is 0 Å². The molecule has 8 rings (SSSR count). The molecule has 2 aromatic carbocycles. The number of rotatable bonds is 6. The molecule has 0 amide bonds. The number of fused-ring (bicyclic) bond motifs is 7. The quantitative estimate of drug-likeness (QED) is 0.204. The Morgan fingerprint density at radius 1 is 0.571 bits per heavy atom. The standard InChI is InChI=1S/C33H21N7S2/c1-3-20-9-24-18(11-35-20)5-7-22-26(24)15-37-30(22)41-32-28-13-34-14-29(28)33(40-17-39-32)42-31-23-8-6-19-12-36-21(4-2)10-25(19)27(23)16-38-31/h3-17,37-38H,1-2H2. The van der Waals surface area contributed by atoms with Crippen LogP contribution < -0.4 is 0 Å². The summed E-state index contributed by atoms with van der Waals surface area (Å²) in [7, 11) is 0. The van der Waals surface area contributed by atoms with Crippen LogP contribution in [0.3, 0.4) is 0 Å². The van der Waals surface area contributed by atoms with Crippen molar-refractivity contribution in [2.75, 3.05) is 0 Å². The second kappa shape index (κ2) is 9.83. The van der Waals surface area contributed by atoms with Crippen LogP contribution in [0, 0.1) is 0 Å². The molecule has 2 aliphatic heterocycles. The number of hydrogen-bond donors (Lipinski definition) is 2. The van der Waals surface area contributed by atoms with Gasteiger partial charge in [0.1, 0.15) is 16.4 Å². The normalized spacial score (nSPS) is 11.7. The topological polar surface area (TPSA) is 96.0 Å². The fourth-order valence-corrected chi connectivity index (χ4v) is 7.28. The molecule has 6 heterocycles. The van der Waals surface area contributed by atoms with Crippen molar-refractivity contribution in [1.29, 1.82) is 0 Å². The molecule has 6 aromatic rings. The molecule has 0 fully saturated rings. The fraction of sp³-hybridized carbons (Fsp3) is 0. The minimum atomic E-state index is 0.832. The Bertz CT molecular complexity index is 2160. The number of aromatic amines is 2. The van der Waals surface area contributed by atoms with Crippen LogP contribution in [0.25, 0.3) is 66.4 Å². The smallest absolute Gasteiger partial charge is 0.118 e. The molecule has 0 saturated heterocycles. The molecule has 4 aromatic heterocycles. The highest BCUT2D eigenvalue weighted by molar-refractivity contribution is 8.00. The summed E-state index contributed by atoms with van der Waals surface area (Å²) in [5.74, 6) is 0. The Labute approximate surface area is 248 Å². The lowest BCUT2D eigenvalue weighted by molar-refractivity contribution is 1.06. The predicted octanol–water partition coefficient (Wildman–Crippen LogP) is 8.62. The first-order valence-electron chi connectivity index (χ1n) is 13.2. The van der Waals surface area contributed by atoms with E-state index >= 15 is 0 Å². The Kier molecular flexibility index (Phi) is 5.80. The van der Waals surface area contributed by atoms with Crippen molar-refractivity contribution in [3.8, 4) is 11.1 Å². The summed E-state index contributed by atoms with van der Waals surface area (Å²) < 4.78 is 0. The highest BCUT2D eigenvalue weighted by atomic mass is 32.2. The van der Waals surface area contributed by atoms with E-state index in [2.05, 4.69) is 74.5 Å². The Hall–Kier alpha value is -4.99. The van der Waals surface area contributed by atoms with E-state index in [9.17, 15) is 0 Å². The van der Waals surface area contributed by atoms with Crippen LogP contribution in [0.4, 0.5) is 0 Å². The molecule has 0 bridgehead atoms. The van der Waals surface area contributed by atoms with Gasteiger partial charge in [-0.1, -0.05) is 60.9 Å². The van der Waals surface area contributed by atoms with Gasteiger partial charge >= 0.3 is 0 Å². The maximum Gasteiger partial charge on any atom is 0.118 e. The van der Waals surface area contributed by atoms with Crippen LogP contribution in [-0.4, -0.2) is 34.9 Å². The molecule has 9 heteroatoms. The van der Waals surface area contributed by atoms with E-state index in [1.165, 1.54) is 0 Å². The summed E-state index contributed by atoms with van der Waals surface area (Å²) in [6.07, 6.45) is 16.8. The van der Waals surface area contributed by atoms with Crippen molar-refractivity contribution in [1.82, 2.24) is 34.9 Å². The van der Waals surface area contributed by atoms with Gasteiger partial charge in [0.25, 0.3) is 0 Å². The van der Waals surface area contributed by atoms with Crippen LogP contribution in [0.1, 0.15) is 11.4 Å². The summed E-state index contributed by atoms with van der Waals surface area (Å²) in [5, 5.41) is 12.6. The van der Waals surface area contributed by atoms with Gasteiger partial charge in [0.2, 0.25) is 0 Å². The van der Waals surface area contributed by atoms with Crippen molar-refractivity contribution < 1.29 is 0 Å². The molecule has 0 unspecified atom stereocenters. The molecular formula is C33H21N7S2. The van der Waals surface area contributed by atoms with Gasteiger partial charge in [-0.3, -0.25) is 15.0 Å². The molecule has 42 heavy (non-hydrogen) atoms. The van der Waals surface area contributed by atoms with Crippen LogP contribution in [-0.2, 0) is 0 Å². The van der Waals surface area contributed by atoms with Gasteiger partial charge in [-0.2, -0.15) is 0 Å². The van der Waals surface area contributed by atoms with Crippen molar-refractivity contribution in [3.63, 3.8) is 0 Å². The van der Waals surface area contributed by atoms with Crippen molar-refractivity contribution in [2.45, 2.75) is 20.1 Å². The molecular weight excluding hydrogens is 559 g/mol. The second-order valence-corrected chi connectivity index (χ2v) is 11.8. The third-order valence-electron chi connectivity index (χ3n) is 7.44.